The lowest BCUT2D eigenvalue weighted by Crippen LogP contribution is -2.13. The number of carbonyl (C=O) groups is 3. The highest BCUT2D eigenvalue weighted by atomic mass is 16.7. The fourth-order valence-corrected chi connectivity index (χ4v) is 0.565. The smallest absolute Gasteiger partial charge is 0.335 e. The van der Waals surface area contributed by atoms with Crippen molar-refractivity contribution in [2.24, 2.45) is 0 Å². The van der Waals surface area contributed by atoms with Crippen LogP contribution in [-0.2, 0) is 28.6 Å². The summed E-state index contributed by atoms with van der Waals surface area (Å²) >= 11 is 0. The number of carbonyl (C=O) groups excluding carboxylic acids is 3. The first-order valence-electron chi connectivity index (χ1n) is 5.72. The lowest BCUT2D eigenvalue weighted by atomic mass is 10.4. The topological polar surface area (TPSA) is 99.1 Å². The molecule has 0 atom stereocenters. The zero-order valence-corrected chi connectivity index (χ0v) is 12.4. The van der Waals surface area contributed by atoms with Gasteiger partial charge in [0.2, 0.25) is 6.79 Å². The average molecular weight is 364 g/mol. The van der Waals surface area contributed by atoms with Crippen molar-refractivity contribution in [3.63, 3.8) is 0 Å². The Hall–Kier alpha value is -2.41. The van der Waals surface area contributed by atoms with Crippen LogP contribution in [0.25, 0.3) is 0 Å². The molecular weight excluding hydrogens is 328 g/mol. The summed E-state index contributed by atoms with van der Waals surface area (Å²) in [6, 6.07) is 0. The summed E-state index contributed by atoms with van der Waals surface area (Å²) in [6.07, 6.45) is 0. The molecule has 0 spiro atoms. The summed E-state index contributed by atoms with van der Waals surface area (Å²) in [4.78, 5) is 31.8. The summed E-state index contributed by atoms with van der Waals surface area (Å²) in [5.74, 6) is -1.74. The molecule has 0 aromatic heterocycles. The van der Waals surface area contributed by atoms with Gasteiger partial charge in [0.25, 0.3) is 0 Å². The van der Waals surface area contributed by atoms with Crippen molar-refractivity contribution in [1.82, 2.24) is 0 Å². The second kappa shape index (κ2) is 21.6. The van der Waals surface area contributed by atoms with E-state index >= 15 is 0 Å². The fraction of sp³-hybridized carbons (Fsp3) is 0.500. The lowest BCUT2D eigenvalue weighted by molar-refractivity contribution is -0.161. The molecule has 0 saturated carbocycles. The Labute approximate surface area is 153 Å². The van der Waals surface area contributed by atoms with Gasteiger partial charge in [-0.15, -0.1) is 0 Å². The summed E-state index contributed by atoms with van der Waals surface area (Å²) in [5.41, 5.74) is 0.803. The van der Waals surface area contributed by atoms with E-state index in [2.05, 4.69) is 33.9 Å². The van der Waals surface area contributed by atoms with E-state index in [0.29, 0.717) is 5.57 Å². The van der Waals surface area contributed by atoms with Crippen LogP contribution in [-0.4, -0.2) is 36.6 Å². The van der Waals surface area contributed by atoms with E-state index in [-0.39, 0.29) is 40.9 Å². The molecule has 0 aromatic rings. The molecule has 1 N–H and O–H groups in total. The highest BCUT2D eigenvalue weighted by Gasteiger charge is 2.06. The van der Waals surface area contributed by atoms with Crippen LogP contribution in [0.15, 0.2) is 36.5 Å². The molecule has 0 saturated heterocycles. The predicted octanol–water partition coefficient (Wildman–Crippen LogP) is 3.78. The molecule has 0 aromatic carbocycles. The minimum Gasteiger partial charge on any atom is -0.435 e. The van der Waals surface area contributed by atoms with Crippen LogP contribution in [0.2, 0.25) is 0 Å². The average Bonchev–Trinajstić information content (AvgIpc) is 2.38. The normalized spacial score (nSPS) is 7.20. The maximum absolute atomic E-state index is 10.8. The second-order valence-electron chi connectivity index (χ2n) is 3.88. The van der Waals surface area contributed by atoms with E-state index in [9.17, 15) is 14.4 Å². The van der Waals surface area contributed by atoms with E-state index < -0.39 is 31.5 Å². The van der Waals surface area contributed by atoms with Crippen molar-refractivity contribution in [2.45, 2.75) is 50.5 Å². The van der Waals surface area contributed by atoms with E-state index in [1.165, 1.54) is 20.8 Å². The number of hydrogen-bond acceptors (Lipinski definition) is 7. The molecule has 0 aliphatic carbocycles. The minimum atomic E-state index is -0.588. The molecule has 0 fully saturated rings. The van der Waals surface area contributed by atoms with Crippen molar-refractivity contribution < 1.29 is 33.7 Å². The zero-order valence-electron chi connectivity index (χ0n) is 12.4. The first-order valence-corrected chi connectivity index (χ1v) is 5.72. The Morgan fingerprint density at radius 2 is 0.920 bits per heavy atom. The molecule has 0 unspecified atom stereocenters. The maximum Gasteiger partial charge on any atom is 0.335 e. The standard InChI is InChI=1S/C9H12O4.C5H8O3.4CH4/c1-6(2)8(10)12-5-13-9(11)7(3)4;1-4(2)5(7)8-3-6;;;;/h1,3,5H2,2,4H3;6H,1,3H2,2H3;4*1H4. The number of aliphatic hydroxyl groups is 1. The molecule has 0 rings (SSSR count). The van der Waals surface area contributed by atoms with Crippen LogP contribution < -0.4 is 0 Å². The van der Waals surface area contributed by atoms with Gasteiger partial charge in [-0.25, -0.2) is 14.4 Å². The first kappa shape index (κ1) is 38.3. The van der Waals surface area contributed by atoms with Gasteiger partial charge in [0.15, 0.2) is 6.79 Å². The zero-order chi connectivity index (χ0) is 17.0. The molecule has 0 radical (unpaired) electrons. The highest BCUT2D eigenvalue weighted by molar-refractivity contribution is 5.88. The van der Waals surface area contributed by atoms with Crippen LogP contribution >= 0.6 is 0 Å². The van der Waals surface area contributed by atoms with Crippen LogP contribution in [0.5, 0.6) is 0 Å². The summed E-state index contributed by atoms with van der Waals surface area (Å²) in [6.45, 7) is 13.5. The van der Waals surface area contributed by atoms with Crippen molar-refractivity contribution in [2.75, 3.05) is 13.6 Å². The molecule has 150 valence electrons. The van der Waals surface area contributed by atoms with Crippen molar-refractivity contribution in [1.29, 1.82) is 0 Å². The van der Waals surface area contributed by atoms with Gasteiger partial charge in [-0.1, -0.05) is 49.4 Å². The molecule has 25 heavy (non-hydrogen) atoms. The van der Waals surface area contributed by atoms with Gasteiger partial charge < -0.3 is 19.3 Å². The number of rotatable bonds is 6. The molecule has 0 aliphatic rings. The monoisotopic (exact) mass is 364 g/mol. The number of esters is 3. The largest absolute Gasteiger partial charge is 0.435 e. The minimum absolute atomic E-state index is 0. The van der Waals surface area contributed by atoms with Gasteiger partial charge >= 0.3 is 17.9 Å². The van der Waals surface area contributed by atoms with Gasteiger partial charge in [-0.3, -0.25) is 0 Å². The highest BCUT2D eigenvalue weighted by Crippen LogP contribution is 1.95. The Morgan fingerprint density at radius 3 is 1.08 bits per heavy atom. The van der Waals surface area contributed by atoms with E-state index in [4.69, 9.17) is 5.11 Å². The van der Waals surface area contributed by atoms with Crippen LogP contribution in [0.4, 0.5) is 0 Å². The van der Waals surface area contributed by atoms with Gasteiger partial charge in [0.05, 0.1) is 0 Å². The number of hydrogen-bond donors (Lipinski definition) is 1. The molecule has 0 aliphatic heterocycles. The quantitative estimate of drug-likeness (QED) is 0.435. The van der Waals surface area contributed by atoms with Crippen molar-refractivity contribution in [3.8, 4) is 0 Å². The second-order valence-corrected chi connectivity index (χ2v) is 3.88. The Balaban J connectivity index is -0.0000000671. The summed E-state index contributed by atoms with van der Waals surface area (Å²) in [7, 11) is 0. The van der Waals surface area contributed by atoms with Crippen LogP contribution in [0, 0.1) is 0 Å². The van der Waals surface area contributed by atoms with Gasteiger partial charge in [-0.05, 0) is 20.8 Å². The molecule has 0 bridgehead atoms. The van der Waals surface area contributed by atoms with Crippen molar-refractivity contribution >= 4 is 17.9 Å². The Kier molecular flexibility index (Phi) is 33.0. The summed E-state index contributed by atoms with van der Waals surface area (Å²) in [5, 5.41) is 8.00. The molecule has 7 nitrogen and oxygen atoms in total. The number of ether oxygens (including phenoxy) is 3. The maximum atomic E-state index is 10.8. The molecule has 7 heteroatoms. The van der Waals surface area contributed by atoms with E-state index in [1.54, 1.807) is 0 Å². The third-order valence-corrected chi connectivity index (χ3v) is 1.62. The Bertz CT molecular complexity index is 411. The predicted molar refractivity (Wildman–Crippen MR) is 102 cm³/mol. The Morgan fingerprint density at radius 1 is 0.680 bits per heavy atom. The third kappa shape index (κ3) is 24.0. The number of aliphatic hydroxyl groups excluding tert-OH is 1. The molecule has 0 amide bonds. The SMILES string of the molecule is C.C.C.C.C=C(C)C(=O)OCO.C=C(C)C(=O)OCOC(=O)C(=C)C. The van der Waals surface area contributed by atoms with Gasteiger partial charge in [0, 0.05) is 16.7 Å². The van der Waals surface area contributed by atoms with Crippen LogP contribution in [0.1, 0.15) is 50.5 Å². The van der Waals surface area contributed by atoms with Crippen molar-refractivity contribution in [3.05, 3.63) is 36.5 Å². The molecular formula is C18H36O7. The fourth-order valence-electron chi connectivity index (χ4n) is 0.565. The van der Waals surface area contributed by atoms with Gasteiger partial charge in [0.1, 0.15) is 0 Å². The first-order chi connectivity index (χ1) is 9.63. The van der Waals surface area contributed by atoms with E-state index in [0.717, 1.165) is 0 Å². The summed E-state index contributed by atoms with van der Waals surface area (Å²) < 4.78 is 13.1. The van der Waals surface area contributed by atoms with Crippen LogP contribution in [0.3, 0.4) is 0 Å². The van der Waals surface area contributed by atoms with E-state index in [1.807, 2.05) is 0 Å². The third-order valence-electron chi connectivity index (χ3n) is 1.62. The lowest BCUT2D eigenvalue weighted by Gasteiger charge is -2.04. The van der Waals surface area contributed by atoms with Gasteiger partial charge in [-0.2, -0.15) is 0 Å². The molecule has 0 heterocycles.